The fraction of sp³-hybridized carbons (Fsp3) is 0.273. The number of ether oxygens (including phenoxy) is 2. The second-order valence-electron chi connectivity index (χ2n) is 3.54. The molecule has 0 aliphatic heterocycles. The number of halogens is 1. The van der Waals surface area contributed by atoms with Gasteiger partial charge in [-0.15, -0.1) is 0 Å². The molecule has 0 bridgehead atoms. The van der Waals surface area contributed by atoms with E-state index < -0.39 is 22.8 Å². The minimum absolute atomic E-state index is 0.0105. The van der Waals surface area contributed by atoms with Crippen molar-refractivity contribution in [2.24, 2.45) is 5.92 Å². The van der Waals surface area contributed by atoms with Gasteiger partial charge in [0, 0.05) is 12.1 Å². The number of rotatable bonds is 4. The molecule has 1 unspecified atom stereocenters. The molecule has 19 heavy (non-hydrogen) atoms. The van der Waals surface area contributed by atoms with E-state index in [0.717, 1.165) is 19.2 Å². The molecular formula is C11H10ClNO6. The van der Waals surface area contributed by atoms with Crippen LogP contribution in [0.1, 0.15) is 6.92 Å². The number of nitrogens with zero attached hydrogens (tertiary/aromatic N) is 1. The van der Waals surface area contributed by atoms with Crippen molar-refractivity contribution >= 4 is 29.2 Å². The third kappa shape index (κ3) is 3.65. The highest BCUT2D eigenvalue weighted by molar-refractivity contribution is 6.32. The Hall–Kier alpha value is -2.15. The van der Waals surface area contributed by atoms with E-state index in [1.165, 1.54) is 13.0 Å². The fourth-order valence-electron chi connectivity index (χ4n) is 1.18. The van der Waals surface area contributed by atoms with E-state index in [2.05, 4.69) is 4.74 Å². The lowest BCUT2D eigenvalue weighted by Gasteiger charge is -2.09. The number of nitro benzene ring substituents is 1. The van der Waals surface area contributed by atoms with E-state index in [-0.39, 0.29) is 16.5 Å². The third-order valence-electron chi connectivity index (χ3n) is 2.24. The van der Waals surface area contributed by atoms with Gasteiger partial charge in [0.25, 0.3) is 5.69 Å². The van der Waals surface area contributed by atoms with E-state index in [1.807, 2.05) is 0 Å². The molecule has 0 aromatic heterocycles. The van der Waals surface area contributed by atoms with E-state index in [9.17, 15) is 19.7 Å². The highest BCUT2D eigenvalue weighted by Crippen LogP contribution is 2.28. The predicted octanol–water partition coefficient (Wildman–Crippen LogP) is 1.96. The molecule has 0 aliphatic carbocycles. The molecule has 0 amide bonds. The first-order valence-corrected chi connectivity index (χ1v) is 5.48. The summed E-state index contributed by atoms with van der Waals surface area (Å²) in [5.41, 5.74) is -0.303. The number of carbonyl (C=O) groups excluding carboxylic acids is 2. The zero-order chi connectivity index (χ0) is 14.6. The van der Waals surface area contributed by atoms with Gasteiger partial charge in [0.1, 0.15) is 10.8 Å². The van der Waals surface area contributed by atoms with Crippen LogP contribution in [0.2, 0.25) is 5.02 Å². The summed E-state index contributed by atoms with van der Waals surface area (Å²) in [4.78, 5) is 32.5. The predicted molar refractivity (Wildman–Crippen MR) is 64.9 cm³/mol. The van der Waals surface area contributed by atoms with E-state index in [0.29, 0.717) is 0 Å². The number of hydrogen-bond acceptors (Lipinski definition) is 6. The van der Waals surface area contributed by atoms with Gasteiger partial charge in [0.2, 0.25) is 0 Å². The van der Waals surface area contributed by atoms with Gasteiger partial charge in [-0.25, -0.2) is 0 Å². The fourth-order valence-corrected chi connectivity index (χ4v) is 1.42. The Labute approximate surface area is 113 Å². The standard InChI is InChI=1S/C11H10ClNO6/c1-6(10(14)18-2)11(15)19-7-3-4-9(13(16)17)8(12)5-7/h3-6H,1-2H3. The number of esters is 2. The molecule has 0 heterocycles. The molecule has 0 saturated carbocycles. The Morgan fingerprint density at radius 2 is 2.00 bits per heavy atom. The highest BCUT2D eigenvalue weighted by Gasteiger charge is 2.25. The Morgan fingerprint density at radius 1 is 1.37 bits per heavy atom. The number of benzene rings is 1. The van der Waals surface area contributed by atoms with Crippen LogP contribution in [-0.4, -0.2) is 24.0 Å². The van der Waals surface area contributed by atoms with Gasteiger partial charge >= 0.3 is 11.9 Å². The maximum absolute atomic E-state index is 11.5. The third-order valence-corrected chi connectivity index (χ3v) is 2.55. The molecule has 1 rings (SSSR count). The van der Waals surface area contributed by atoms with Gasteiger partial charge < -0.3 is 9.47 Å². The molecule has 1 atom stereocenters. The minimum Gasteiger partial charge on any atom is -0.468 e. The zero-order valence-electron chi connectivity index (χ0n) is 10.1. The average molecular weight is 288 g/mol. The monoisotopic (exact) mass is 287 g/mol. The van der Waals surface area contributed by atoms with Crippen molar-refractivity contribution in [3.05, 3.63) is 33.3 Å². The number of methoxy groups -OCH3 is 1. The summed E-state index contributed by atoms with van der Waals surface area (Å²) in [6.07, 6.45) is 0. The molecule has 1 aromatic carbocycles. The second-order valence-corrected chi connectivity index (χ2v) is 3.94. The normalized spacial score (nSPS) is 11.5. The van der Waals surface area contributed by atoms with Crippen LogP contribution in [0.15, 0.2) is 18.2 Å². The van der Waals surface area contributed by atoms with Gasteiger partial charge in [-0.3, -0.25) is 19.7 Å². The first-order valence-electron chi connectivity index (χ1n) is 5.10. The first kappa shape index (κ1) is 14.9. The van der Waals surface area contributed by atoms with Crippen molar-refractivity contribution in [1.82, 2.24) is 0 Å². The topological polar surface area (TPSA) is 95.7 Å². The van der Waals surface area contributed by atoms with Crippen molar-refractivity contribution < 1.29 is 24.0 Å². The van der Waals surface area contributed by atoms with Crippen molar-refractivity contribution in [2.45, 2.75) is 6.92 Å². The minimum atomic E-state index is -1.10. The quantitative estimate of drug-likeness (QED) is 0.276. The summed E-state index contributed by atoms with van der Waals surface area (Å²) in [5, 5.41) is 10.4. The molecule has 0 N–H and O–H groups in total. The summed E-state index contributed by atoms with van der Waals surface area (Å²) in [7, 11) is 1.15. The van der Waals surface area contributed by atoms with E-state index in [1.54, 1.807) is 0 Å². The maximum atomic E-state index is 11.5. The summed E-state index contributed by atoms with van der Waals surface area (Å²) in [6.45, 7) is 1.32. The van der Waals surface area contributed by atoms with Gasteiger partial charge in [-0.05, 0) is 13.0 Å². The summed E-state index contributed by atoms with van der Waals surface area (Å²) in [5.74, 6) is -2.66. The highest BCUT2D eigenvalue weighted by atomic mass is 35.5. The number of hydrogen-bond donors (Lipinski definition) is 0. The van der Waals surface area contributed by atoms with Gasteiger partial charge in [0.05, 0.1) is 12.0 Å². The zero-order valence-corrected chi connectivity index (χ0v) is 10.8. The Bertz CT molecular complexity index is 530. The van der Waals surface area contributed by atoms with Gasteiger partial charge in [0.15, 0.2) is 5.92 Å². The van der Waals surface area contributed by atoms with Crippen LogP contribution in [0.25, 0.3) is 0 Å². The van der Waals surface area contributed by atoms with Crippen molar-refractivity contribution in [1.29, 1.82) is 0 Å². The van der Waals surface area contributed by atoms with Crippen molar-refractivity contribution in [2.75, 3.05) is 7.11 Å². The molecule has 0 aliphatic rings. The van der Waals surface area contributed by atoms with Crippen LogP contribution < -0.4 is 4.74 Å². The number of carbonyl (C=O) groups is 2. The summed E-state index contributed by atoms with van der Waals surface area (Å²) in [6, 6.07) is 3.45. The summed E-state index contributed by atoms with van der Waals surface area (Å²) < 4.78 is 9.26. The van der Waals surface area contributed by atoms with Crippen LogP contribution >= 0.6 is 11.6 Å². The average Bonchev–Trinajstić information content (AvgIpc) is 2.36. The Kier molecular flexibility index (Phi) is 4.82. The molecule has 1 aromatic rings. The molecular weight excluding hydrogens is 278 g/mol. The lowest BCUT2D eigenvalue weighted by Crippen LogP contribution is -2.26. The molecule has 0 radical (unpaired) electrons. The summed E-state index contributed by atoms with van der Waals surface area (Å²) >= 11 is 5.65. The lowest BCUT2D eigenvalue weighted by molar-refractivity contribution is -0.384. The van der Waals surface area contributed by atoms with E-state index >= 15 is 0 Å². The smallest absolute Gasteiger partial charge is 0.325 e. The van der Waals surface area contributed by atoms with Crippen molar-refractivity contribution in [3.63, 3.8) is 0 Å². The number of nitro groups is 1. The van der Waals surface area contributed by atoms with E-state index in [4.69, 9.17) is 16.3 Å². The largest absolute Gasteiger partial charge is 0.468 e. The molecule has 102 valence electrons. The SMILES string of the molecule is COC(=O)C(C)C(=O)Oc1ccc([N+](=O)[O-])c(Cl)c1. The second kappa shape index (κ2) is 6.14. The molecule has 0 saturated heterocycles. The molecule has 7 nitrogen and oxygen atoms in total. The molecule has 8 heteroatoms. The van der Waals surface area contributed by atoms with Crippen molar-refractivity contribution in [3.8, 4) is 5.75 Å². The van der Waals surface area contributed by atoms with Gasteiger partial charge in [-0.2, -0.15) is 0 Å². The van der Waals surface area contributed by atoms with Crippen LogP contribution in [0.3, 0.4) is 0 Å². The maximum Gasteiger partial charge on any atom is 0.325 e. The molecule has 0 spiro atoms. The van der Waals surface area contributed by atoms with Crippen LogP contribution in [0.5, 0.6) is 5.75 Å². The van der Waals surface area contributed by atoms with Gasteiger partial charge in [-0.1, -0.05) is 11.6 Å². The Balaban J connectivity index is 2.84. The van der Waals surface area contributed by atoms with Crippen LogP contribution in [0, 0.1) is 16.0 Å². The molecule has 0 fully saturated rings. The first-order chi connectivity index (χ1) is 8.86. The van der Waals surface area contributed by atoms with Crippen LogP contribution in [-0.2, 0) is 14.3 Å². The lowest BCUT2D eigenvalue weighted by atomic mass is 10.2. The van der Waals surface area contributed by atoms with Crippen LogP contribution in [0.4, 0.5) is 5.69 Å². The Morgan fingerprint density at radius 3 is 2.47 bits per heavy atom.